The van der Waals surface area contributed by atoms with Crippen molar-refractivity contribution in [3.05, 3.63) is 51.9 Å². The molecule has 1 aromatic heterocycles. The number of carbonyl (C=O) groups is 3. The lowest BCUT2D eigenvalue weighted by Crippen LogP contribution is -2.39. The van der Waals surface area contributed by atoms with Crippen molar-refractivity contribution in [1.29, 1.82) is 0 Å². The van der Waals surface area contributed by atoms with Crippen LogP contribution in [0.25, 0.3) is 0 Å². The second-order valence-corrected chi connectivity index (χ2v) is 8.84. The smallest absolute Gasteiger partial charge is 0.257 e. The molecule has 1 atom stereocenters. The molecule has 0 spiro atoms. The zero-order chi connectivity index (χ0) is 21.4. The van der Waals surface area contributed by atoms with Crippen LogP contribution >= 0.6 is 11.3 Å². The highest BCUT2D eigenvalue weighted by molar-refractivity contribution is 7.17. The van der Waals surface area contributed by atoms with E-state index in [2.05, 4.69) is 0 Å². The van der Waals surface area contributed by atoms with E-state index in [0.29, 0.717) is 30.1 Å². The molecule has 158 valence electrons. The van der Waals surface area contributed by atoms with Gasteiger partial charge in [-0.2, -0.15) is 0 Å². The van der Waals surface area contributed by atoms with Crippen LogP contribution in [-0.4, -0.2) is 65.9 Å². The first kappa shape index (κ1) is 20.6. The van der Waals surface area contributed by atoms with Gasteiger partial charge < -0.3 is 14.9 Å². The van der Waals surface area contributed by atoms with Crippen LogP contribution in [0.5, 0.6) is 0 Å². The number of hydrogen-bond donors (Lipinski definition) is 1. The Kier molecular flexibility index (Phi) is 5.62. The molecule has 0 radical (unpaired) electrons. The highest BCUT2D eigenvalue weighted by atomic mass is 32.1. The number of aliphatic hydroxyl groups excluding tert-OH is 1. The lowest BCUT2D eigenvalue weighted by Gasteiger charge is -2.30. The largest absolute Gasteiger partial charge is 0.395 e. The first-order valence-electron chi connectivity index (χ1n) is 10.1. The van der Waals surface area contributed by atoms with Crippen molar-refractivity contribution in [2.75, 3.05) is 38.2 Å². The summed E-state index contributed by atoms with van der Waals surface area (Å²) in [5.74, 6) is -0.565. The van der Waals surface area contributed by atoms with Gasteiger partial charge in [-0.25, -0.2) is 0 Å². The number of anilines is 1. The molecule has 3 amide bonds. The van der Waals surface area contributed by atoms with Gasteiger partial charge >= 0.3 is 0 Å². The van der Waals surface area contributed by atoms with Gasteiger partial charge in [-0.15, -0.1) is 11.3 Å². The van der Waals surface area contributed by atoms with Crippen molar-refractivity contribution in [1.82, 2.24) is 9.80 Å². The van der Waals surface area contributed by atoms with Gasteiger partial charge in [-0.3, -0.25) is 19.3 Å². The lowest BCUT2D eigenvalue weighted by molar-refractivity contribution is -0.133. The summed E-state index contributed by atoms with van der Waals surface area (Å²) < 4.78 is 0. The first-order chi connectivity index (χ1) is 14.4. The molecule has 30 heavy (non-hydrogen) atoms. The molecule has 0 saturated heterocycles. The summed E-state index contributed by atoms with van der Waals surface area (Å²) in [4.78, 5) is 44.4. The zero-order valence-electron chi connectivity index (χ0n) is 17.1. The molecule has 0 saturated carbocycles. The summed E-state index contributed by atoms with van der Waals surface area (Å²) in [6, 6.07) is 9.70. The van der Waals surface area contributed by atoms with Crippen LogP contribution in [0.15, 0.2) is 30.3 Å². The van der Waals surface area contributed by atoms with Gasteiger partial charge in [0.1, 0.15) is 11.5 Å². The monoisotopic (exact) mass is 427 g/mol. The highest BCUT2D eigenvalue weighted by Gasteiger charge is 2.37. The Bertz CT molecular complexity index is 988. The van der Waals surface area contributed by atoms with Gasteiger partial charge in [-0.05, 0) is 24.5 Å². The maximum atomic E-state index is 13.1. The molecule has 7 nitrogen and oxygen atoms in total. The second kappa shape index (κ2) is 8.20. The van der Waals surface area contributed by atoms with Gasteiger partial charge in [0, 0.05) is 25.0 Å². The number of benzene rings is 1. The maximum Gasteiger partial charge on any atom is 0.257 e. The molecule has 3 heterocycles. The number of fused-ring (bicyclic) bond motifs is 3. The number of amides is 3. The average Bonchev–Trinajstić information content (AvgIpc) is 3.10. The van der Waals surface area contributed by atoms with E-state index in [1.54, 1.807) is 7.05 Å². The third-order valence-corrected chi connectivity index (χ3v) is 7.06. The average molecular weight is 428 g/mol. The van der Waals surface area contributed by atoms with Crippen molar-refractivity contribution >= 4 is 34.1 Å². The Morgan fingerprint density at radius 2 is 1.93 bits per heavy atom. The van der Waals surface area contributed by atoms with Crippen molar-refractivity contribution in [2.45, 2.75) is 25.8 Å². The van der Waals surface area contributed by atoms with Gasteiger partial charge in [-0.1, -0.05) is 30.3 Å². The number of aliphatic hydroxyl groups is 1. The van der Waals surface area contributed by atoms with E-state index >= 15 is 0 Å². The summed E-state index contributed by atoms with van der Waals surface area (Å²) in [7, 11) is 1.62. The quantitative estimate of drug-likeness (QED) is 0.808. The van der Waals surface area contributed by atoms with Crippen LogP contribution in [0.1, 0.15) is 39.2 Å². The molecule has 4 rings (SSSR count). The van der Waals surface area contributed by atoms with Gasteiger partial charge in [0.15, 0.2) is 0 Å². The predicted octanol–water partition coefficient (Wildman–Crippen LogP) is 1.85. The Hall–Kier alpha value is -2.71. The summed E-state index contributed by atoms with van der Waals surface area (Å²) in [6.07, 6.45) is 0.579. The van der Waals surface area contributed by atoms with E-state index in [4.69, 9.17) is 0 Å². The Morgan fingerprint density at radius 1 is 1.20 bits per heavy atom. The van der Waals surface area contributed by atoms with Crippen LogP contribution in [0.4, 0.5) is 5.00 Å². The van der Waals surface area contributed by atoms with E-state index in [1.807, 2.05) is 42.2 Å². The lowest BCUT2D eigenvalue weighted by atomic mass is 9.97. The molecule has 2 aliphatic heterocycles. The molecule has 0 fully saturated rings. The van der Waals surface area contributed by atoms with Crippen LogP contribution in [0.3, 0.4) is 0 Å². The molecule has 1 N–H and O–H groups in total. The minimum absolute atomic E-state index is 0.00575. The van der Waals surface area contributed by atoms with E-state index in [9.17, 15) is 19.5 Å². The number of rotatable bonds is 4. The predicted molar refractivity (Wildman–Crippen MR) is 115 cm³/mol. The normalized spacial score (nSPS) is 17.5. The zero-order valence-corrected chi connectivity index (χ0v) is 17.9. The van der Waals surface area contributed by atoms with Crippen molar-refractivity contribution in [3.8, 4) is 0 Å². The van der Waals surface area contributed by atoms with E-state index < -0.39 is 0 Å². The van der Waals surface area contributed by atoms with Crippen LogP contribution in [0.2, 0.25) is 0 Å². The van der Waals surface area contributed by atoms with Crippen LogP contribution in [0, 0.1) is 0 Å². The fourth-order valence-corrected chi connectivity index (χ4v) is 5.53. The Labute approximate surface area is 179 Å². The topological polar surface area (TPSA) is 81.2 Å². The number of nitrogens with zero attached hydrogens (tertiary/aromatic N) is 3. The number of thiophene rings is 1. The van der Waals surface area contributed by atoms with E-state index in [-0.39, 0.29) is 43.3 Å². The van der Waals surface area contributed by atoms with Crippen LogP contribution < -0.4 is 4.90 Å². The molecule has 1 aromatic carbocycles. The van der Waals surface area contributed by atoms with Crippen LogP contribution in [-0.2, 0) is 22.6 Å². The van der Waals surface area contributed by atoms with Gasteiger partial charge in [0.25, 0.3) is 5.91 Å². The standard InChI is InChI=1S/C22H25N3O4S/c1-14(15-6-4-3-5-7-15)20(28)24-9-8-16-17(12-24)30-22-19(16)21(29)23(2)13-18(27)25(22)10-11-26/h3-7,14,26H,8-13H2,1-2H3/t14-/m1/s1. The van der Waals surface area contributed by atoms with Crippen molar-refractivity contribution < 1.29 is 19.5 Å². The summed E-state index contributed by atoms with van der Waals surface area (Å²) >= 11 is 1.39. The molecule has 2 aliphatic rings. The third-order valence-electron chi connectivity index (χ3n) is 5.82. The Balaban J connectivity index is 1.65. The molecule has 0 unspecified atom stereocenters. The fraction of sp³-hybridized carbons (Fsp3) is 0.409. The Morgan fingerprint density at radius 3 is 2.63 bits per heavy atom. The SMILES string of the molecule is C[C@@H](C(=O)N1CCc2c(sc3c2C(=O)N(C)CC(=O)N3CCO)C1)c1ccccc1. The van der Waals surface area contributed by atoms with Crippen molar-refractivity contribution in [3.63, 3.8) is 0 Å². The molecular weight excluding hydrogens is 402 g/mol. The summed E-state index contributed by atoms with van der Waals surface area (Å²) in [5.41, 5.74) is 2.47. The maximum absolute atomic E-state index is 13.1. The van der Waals surface area contributed by atoms with Gasteiger partial charge in [0.05, 0.1) is 24.6 Å². The minimum atomic E-state index is -0.245. The van der Waals surface area contributed by atoms with Gasteiger partial charge in [0.2, 0.25) is 11.8 Å². The van der Waals surface area contributed by atoms with E-state index in [0.717, 1.165) is 16.0 Å². The third kappa shape index (κ3) is 3.50. The molecule has 0 bridgehead atoms. The number of carbonyl (C=O) groups excluding carboxylic acids is 3. The molecular formula is C22H25N3O4S. The number of likely N-dealkylation sites (N-methyl/N-ethyl adjacent to an activating group) is 1. The first-order valence-corrected chi connectivity index (χ1v) is 10.9. The fourth-order valence-electron chi connectivity index (χ4n) is 4.14. The molecule has 2 aromatic rings. The molecule has 0 aliphatic carbocycles. The second-order valence-electron chi connectivity index (χ2n) is 7.76. The van der Waals surface area contributed by atoms with E-state index in [1.165, 1.54) is 21.1 Å². The highest BCUT2D eigenvalue weighted by Crippen LogP contribution is 2.41. The minimum Gasteiger partial charge on any atom is -0.395 e. The van der Waals surface area contributed by atoms with Crippen molar-refractivity contribution in [2.24, 2.45) is 0 Å². The summed E-state index contributed by atoms with van der Waals surface area (Å²) in [5, 5.41) is 10.0. The number of hydrogen-bond acceptors (Lipinski definition) is 5. The number of β-amino-alcohol motifs (C(OH)–C–C–N with tert-alkyl or cyclic N) is 1. The molecule has 8 heteroatoms. The summed E-state index contributed by atoms with van der Waals surface area (Å²) in [6.45, 7) is 2.86.